The molecule has 2 atom stereocenters. The van der Waals surface area contributed by atoms with Gasteiger partial charge < -0.3 is 15.2 Å². The zero-order valence-electron chi connectivity index (χ0n) is 18.3. The Balaban J connectivity index is 0.00000153. The van der Waals surface area contributed by atoms with Gasteiger partial charge in [-0.15, -0.1) is 0 Å². The molecule has 0 aromatic rings. The van der Waals surface area contributed by atoms with Crippen LogP contribution in [0.3, 0.4) is 0 Å². The molecule has 0 aromatic carbocycles. The number of aliphatic imine (C=N–C) groups is 2. The molecule has 0 aromatic heterocycles. The van der Waals surface area contributed by atoms with Crippen molar-refractivity contribution in [1.82, 2.24) is 5.32 Å². The zero-order chi connectivity index (χ0) is 20.9. The maximum Gasteiger partial charge on any atom is 0.0914 e. The quantitative estimate of drug-likeness (QED) is 0.541. The van der Waals surface area contributed by atoms with E-state index in [1.165, 1.54) is 0 Å². The van der Waals surface area contributed by atoms with Crippen molar-refractivity contribution in [2.24, 2.45) is 9.98 Å². The van der Waals surface area contributed by atoms with Crippen molar-refractivity contribution >= 4 is 11.4 Å². The van der Waals surface area contributed by atoms with Crippen LogP contribution < -0.4 is 5.32 Å². The SMILES string of the molecule is C=C/C=C(\C=C1\CCC(O)C(C)(CC)OC1)N=C(C)C(C)=NC.CCNC. The molecular weight excluding hydrogens is 338 g/mol. The molecule has 0 amide bonds. The summed E-state index contributed by atoms with van der Waals surface area (Å²) in [5.41, 5.74) is 3.28. The summed E-state index contributed by atoms with van der Waals surface area (Å²) in [6.07, 6.45) is 7.49. The van der Waals surface area contributed by atoms with E-state index in [-0.39, 0.29) is 0 Å². The summed E-state index contributed by atoms with van der Waals surface area (Å²) < 4.78 is 5.97. The van der Waals surface area contributed by atoms with Crippen LogP contribution in [-0.4, -0.2) is 55.5 Å². The first-order chi connectivity index (χ1) is 12.8. The average molecular weight is 378 g/mol. The smallest absolute Gasteiger partial charge is 0.0914 e. The van der Waals surface area contributed by atoms with E-state index in [1.807, 2.05) is 46.9 Å². The Morgan fingerprint density at radius 3 is 2.48 bits per heavy atom. The number of nitrogens with zero attached hydrogens (tertiary/aromatic N) is 2. The van der Waals surface area contributed by atoms with Gasteiger partial charge in [0, 0.05) is 7.05 Å². The maximum atomic E-state index is 10.3. The molecule has 1 fully saturated rings. The lowest BCUT2D eigenvalue weighted by molar-refractivity contribution is -0.100. The van der Waals surface area contributed by atoms with Crippen molar-refractivity contribution < 1.29 is 9.84 Å². The van der Waals surface area contributed by atoms with E-state index in [2.05, 4.69) is 28.8 Å². The molecule has 0 spiro atoms. The number of ether oxygens (including phenoxy) is 1. The van der Waals surface area contributed by atoms with Crippen LogP contribution in [0.15, 0.2) is 46.1 Å². The second kappa shape index (κ2) is 13.6. The van der Waals surface area contributed by atoms with Gasteiger partial charge in [-0.25, -0.2) is 0 Å². The molecule has 2 N–H and O–H groups in total. The predicted molar refractivity (Wildman–Crippen MR) is 118 cm³/mol. The largest absolute Gasteiger partial charge is 0.390 e. The summed E-state index contributed by atoms with van der Waals surface area (Å²) in [4.78, 5) is 8.78. The minimum atomic E-state index is -0.470. The van der Waals surface area contributed by atoms with Crippen LogP contribution in [0.25, 0.3) is 0 Å². The molecule has 5 nitrogen and oxygen atoms in total. The van der Waals surface area contributed by atoms with Gasteiger partial charge in [0.25, 0.3) is 0 Å². The van der Waals surface area contributed by atoms with Gasteiger partial charge in [0.15, 0.2) is 0 Å². The number of nitrogens with one attached hydrogen (secondary N) is 1. The van der Waals surface area contributed by atoms with Gasteiger partial charge in [-0.05, 0) is 71.4 Å². The maximum absolute atomic E-state index is 10.3. The molecule has 5 heteroatoms. The predicted octanol–water partition coefficient (Wildman–Crippen LogP) is 4.10. The molecule has 1 aliphatic rings. The number of aliphatic hydroxyl groups is 1. The van der Waals surface area contributed by atoms with E-state index in [0.717, 1.165) is 42.1 Å². The third-order valence-electron chi connectivity index (χ3n) is 4.88. The Bertz CT molecular complexity index is 574. The summed E-state index contributed by atoms with van der Waals surface area (Å²) >= 11 is 0. The number of rotatable bonds is 6. The van der Waals surface area contributed by atoms with E-state index >= 15 is 0 Å². The van der Waals surface area contributed by atoms with Gasteiger partial charge in [-0.3, -0.25) is 9.98 Å². The average Bonchev–Trinajstić information content (AvgIpc) is 2.81. The van der Waals surface area contributed by atoms with Crippen molar-refractivity contribution in [3.63, 3.8) is 0 Å². The summed E-state index contributed by atoms with van der Waals surface area (Å²) in [5.74, 6) is 0. The van der Waals surface area contributed by atoms with Crippen molar-refractivity contribution in [2.75, 3.05) is 27.2 Å². The minimum absolute atomic E-state index is 0.440. The van der Waals surface area contributed by atoms with Gasteiger partial charge in [-0.2, -0.15) is 0 Å². The van der Waals surface area contributed by atoms with Crippen LogP contribution in [0, 0.1) is 0 Å². The van der Waals surface area contributed by atoms with Gasteiger partial charge >= 0.3 is 0 Å². The van der Waals surface area contributed by atoms with E-state index in [4.69, 9.17) is 4.74 Å². The number of allylic oxidation sites excluding steroid dienone is 3. The highest BCUT2D eigenvalue weighted by molar-refractivity contribution is 6.40. The second-order valence-electron chi connectivity index (χ2n) is 6.85. The summed E-state index contributed by atoms with van der Waals surface area (Å²) in [6.45, 7) is 15.3. The Hall–Kier alpha value is -1.56. The molecule has 27 heavy (non-hydrogen) atoms. The molecule has 1 rings (SSSR count). The van der Waals surface area contributed by atoms with Gasteiger partial charge in [0.1, 0.15) is 0 Å². The summed E-state index contributed by atoms with van der Waals surface area (Å²) in [7, 11) is 3.69. The number of hydrogen-bond donors (Lipinski definition) is 2. The zero-order valence-corrected chi connectivity index (χ0v) is 18.3. The highest BCUT2D eigenvalue weighted by Gasteiger charge is 2.34. The molecular formula is C22H39N3O2. The second-order valence-corrected chi connectivity index (χ2v) is 6.85. The summed E-state index contributed by atoms with van der Waals surface area (Å²) in [6, 6.07) is 0. The van der Waals surface area contributed by atoms with E-state index in [9.17, 15) is 5.11 Å². The van der Waals surface area contributed by atoms with Crippen LogP contribution in [0.5, 0.6) is 0 Å². The molecule has 1 saturated heterocycles. The monoisotopic (exact) mass is 377 g/mol. The third-order valence-corrected chi connectivity index (χ3v) is 4.88. The fourth-order valence-corrected chi connectivity index (χ4v) is 2.39. The summed E-state index contributed by atoms with van der Waals surface area (Å²) in [5, 5.41) is 13.2. The first kappa shape index (κ1) is 25.4. The van der Waals surface area contributed by atoms with Gasteiger partial charge in [0.05, 0.1) is 35.4 Å². The van der Waals surface area contributed by atoms with Crippen LogP contribution in [-0.2, 0) is 4.74 Å². The van der Waals surface area contributed by atoms with Crippen molar-refractivity contribution in [1.29, 1.82) is 0 Å². The van der Waals surface area contributed by atoms with Crippen LogP contribution in [0.4, 0.5) is 0 Å². The van der Waals surface area contributed by atoms with Crippen LogP contribution in [0.1, 0.15) is 53.9 Å². The van der Waals surface area contributed by atoms with E-state index < -0.39 is 11.7 Å². The van der Waals surface area contributed by atoms with Crippen molar-refractivity contribution in [3.8, 4) is 0 Å². The Morgan fingerprint density at radius 1 is 1.37 bits per heavy atom. The third kappa shape index (κ3) is 9.27. The number of hydrogen-bond acceptors (Lipinski definition) is 5. The lowest BCUT2D eigenvalue weighted by Gasteiger charge is -2.31. The fourth-order valence-electron chi connectivity index (χ4n) is 2.39. The lowest BCUT2D eigenvalue weighted by Crippen LogP contribution is -2.40. The van der Waals surface area contributed by atoms with Crippen LogP contribution >= 0.6 is 0 Å². The van der Waals surface area contributed by atoms with Gasteiger partial charge in [0.2, 0.25) is 0 Å². The highest BCUT2D eigenvalue weighted by Crippen LogP contribution is 2.29. The molecule has 0 radical (unpaired) electrons. The molecule has 2 unspecified atom stereocenters. The molecule has 154 valence electrons. The van der Waals surface area contributed by atoms with Crippen molar-refractivity contribution in [2.45, 2.75) is 65.6 Å². The Kier molecular flexibility index (Phi) is 12.8. The highest BCUT2D eigenvalue weighted by atomic mass is 16.5. The standard InChI is InChI=1S/C19H30N2O2.C3H9N/c1-7-9-17(21-15(4)14(3)20-6)12-16-10-11-18(22)19(5,8-2)23-13-16;1-3-4-2/h7,9,12,18,22H,1,8,10-11,13H2,2-6H3;4H,3H2,1-2H3/b16-12-,17-9+,20-14?,21-15?;. The number of aliphatic hydroxyl groups excluding tert-OH is 1. The van der Waals surface area contributed by atoms with E-state index in [1.54, 1.807) is 13.1 Å². The van der Waals surface area contributed by atoms with Crippen LogP contribution in [0.2, 0.25) is 0 Å². The molecule has 0 bridgehead atoms. The van der Waals surface area contributed by atoms with E-state index in [0.29, 0.717) is 13.0 Å². The lowest BCUT2D eigenvalue weighted by atomic mass is 9.92. The van der Waals surface area contributed by atoms with Gasteiger partial charge in [-0.1, -0.05) is 26.5 Å². The fraction of sp³-hybridized carbons (Fsp3) is 0.636. The van der Waals surface area contributed by atoms with Crippen molar-refractivity contribution in [3.05, 3.63) is 36.1 Å². The normalized spacial score (nSPS) is 26.3. The molecule has 0 saturated carbocycles. The first-order valence-corrected chi connectivity index (χ1v) is 9.75. The molecule has 1 aliphatic heterocycles. The molecule has 0 aliphatic carbocycles. The topological polar surface area (TPSA) is 66.2 Å². The minimum Gasteiger partial charge on any atom is -0.390 e. The first-order valence-electron chi connectivity index (χ1n) is 9.75. The molecule has 1 heterocycles. The Morgan fingerprint density at radius 2 is 2.00 bits per heavy atom. The Labute approximate surface area is 166 Å².